The first-order valence-electron chi connectivity index (χ1n) is 9.09. The van der Waals surface area contributed by atoms with Gasteiger partial charge in [0.1, 0.15) is 0 Å². The molecule has 0 aliphatic carbocycles. The predicted molar refractivity (Wildman–Crippen MR) is 105 cm³/mol. The zero-order chi connectivity index (χ0) is 18.2. The van der Waals surface area contributed by atoms with Gasteiger partial charge < -0.3 is 15.5 Å². The minimum atomic E-state index is 0.0424. The van der Waals surface area contributed by atoms with Gasteiger partial charge in [0, 0.05) is 39.6 Å². The highest BCUT2D eigenvalue weighted by molar-refractivity contribution is 5.81. The van der Waals surface area contributed by atoms with E-state index in [1.165, 1.54) is 11.1 Å². The Morgan fingerprint density at radius 3 is 2.54 bits per heavy atom. The van der Waals surface area contributed by atoms with Gasteiger partial charge in [-0.1, -0.05) is 54.6 Å². The summed E-state index contributed by atoms with van der Waals surface area (Å²) in [6.45, 7) is 2.94. The standard InChI is InChI=1S/C21H26N4O/c1-22-21(25-14-12-18-9-5-6-10-19(18)16-25)23-13-11-20(26)24-15-17-7-3-2-4-8-17/h2-10H,11-16H2,1H3,(H,22,23)(H,24,26). The fourth-order valence-electron chi connectivity index (χ4n) is 3.18. The van der Waals surface area contributed by atoms with Gasteiger partial charge >= 0.3 is 0 Å². The monoisotopic (exact) mass is 350 g/mol. The molecule has 1 aliphatic rings. The highest BCUT2D eigenvalue weighted by Gasteiger charge is 2.18. The molecule has 0 bridgehead atoms. The molecule has 136 valence electrons. The third-order valence-electron chi connectivity index (χ3n) is 4.61. The molecule has 1 aliphatic heterocycles. The molecule has 1 amide bonds. The lowest BCUT2D eigenvalue weighted by Crippen LogP contribution is -2.44. The molecule has 0 saturated heterocycles. The van der Waals surface area contributed by atoms with Crippen LogP contribution < -0.4 is 10.6 Å². The summed E-state index contributed by atoms with van der Waals surface area (Å²) in [5, 5.41) is 6.26. The fourth-order valence-corrected chi connectivity index (χ4v) is 3.18. The molecule has 0 saturated carbocycles. The summed E-state index contributed by atoms with van der Waals surface area (Å²) >= 11 is 0. The number of carbonyl (C=O) groups excluding carboxylic acids is 1. The SMILES string of the molecule is CN=C(NCCC(=O)NCc1ccccc1)N1CCc2ccccc2C1. The molecule has 3 rings (SSSR count). The minimum absolute atomic E-state index is 0.0424. The molecule has 26 heavy (non-hydrogen) atoms. The van der Waals surface area contributed by atoms with Crippen molar-refractivity contribution in [1.29, 1.82) is 0 Å². The van der Waals surface area contributed by atoms with Crippen LogP contribution in [0.2, 0.25) is 0 Å². The maximum absolute atomic E-state index is 12.0. The Hall–Kier alpha value is -2.82. The van der Waals surface area contributed by atoms with Crippen molar-refractivity contribution >= 4 is 11.9 Å². The second kappa shape index (κ2) is 9.04. The van der Waals surface area contributed by atoms with E-state index in [9.17, 15) is 4.79 Å². The summed E-state index contributed by atoms with van der Waals surface area (Å²) in [5.41, 5.74) is 3.87. The number of rotatable bonds is 5. The summed E-state index contributed by atoms with van der Waals surface area (Å²) in [7, 11) is 1.79. The molecule has 0 fully saturated rings. The second-order valence-electron chi connectivity index (χ2n) is 6.43. The van der Waals surface area contributed by atoms with Crippen molar-refractivity contribution in [2.45, 2.75) is 25.9 Å². The Bertz CT molecular complexity index is 758. The van der Waals surface area contributed by atoms with Crippen molar-refractivity contribution in [2.24, 2.45) is 4.99 Å². The van der Waals surface area contributed by atoms with E-state index in [0.717, 1.165) is 31.0 Å². The largest absolute Gasteiger partial charge is 0.356 e. The number of nitrogens with one attached hydrogen (secondary N) is 2. The Morgan fingerprint density at radius 1 is 1.04 bits per heavy atom. The van der Waals surface area contributed by atoms with Crippen molar-refractivity contribution in [3.8, 4) is 0 Å². The average molecular weight is 350 g/mol. The number of guanidine groups is 1. The van der Waals surface area contributed by atoms with E-state index in [-0.39, 0.29) is 5.91 Å². The molecule has 2 aromatic rings. The lowest BCUT2D eigenvalue weighted by Gasteiger charge is -2.31. The Labute approximate surface area is 155 Å². The Balaban J connectivity index is 1.42. The first kappa shape index (κ1) is 18.0. The first-order chi connectivity index (χ1) is 12.8. The maximum atomic E-state index is 12.0. The van der Waals surface area contributed by atoms with E-state index in [4.69, 9.17) is 0 Å². The normalized spacial score (nSPS) is 13.9. The van der Waals surface area contributed by atoms with Crippen LogP contribution in [-0.2, 0) is 24.3 Å². The molecule has 1 heterocycles. The molecule has 5 nitrogen and oxygen atoms in total. The van der Waals surface area contributed by atoms with Crippen LogP contribution in [0.4, 0.5) is 0 Å². The summed E-state index contributed by atoms with van der Waals surface area (Å²) in [6, 6.07) is 18.5. The summed E-state index contributed by atoms with van der Waals surface area (Å²) in [5.74, 6) is 0.899. The second-order valence-corrected chi connectivity index (χ2v) is 6.43. The summed E-state index contributed by atoms with van der Waals surface area (Å²) in [4.78, 5) is 18.6. The van der Waals surface area contributed by atoms with Gasteiger partial charge in [0.25, 0.3) is 0 Å². The van der Waals surface area contributed by atoms with Crippen LogP contribution in [0.25, 0.3) is 0 Å². The Kier molecular flexibility index (Phi) is 6.25. The van der Waals surface area contributed by atoms with Gasteiger partial charge in [-0.25, -0.2) is 0 Å². The van der Waals surface area contributed by atoms with Gasteiger partial charge in [0.15, 0.2) is 5.96 Å². The molecule has 0 unspecified atom stereocenters. The van der Waals surface area contributed by atoms with E-state index < -0.39 is 0 Å². The predicted octanol–water partition coefficient (Wildman–Crippen LogP) is 2.33. The van der Waals surface area contributed by atoms with E-state index in [1.54, 1.807) is 7.05 Å². The van der Waals surface area contributed by atoms with Crippen LogP contribution in [0.5, 0.6) is 0 Å². The number of fused-ring (bicyclic) bond motifs is 1. The fraction of sp³-hybridized carbons (Fsp3) is 0.333. The smallest absolute Gasteiger partial charge is 0.222 e. The van der Waals surface area contributed by atoms with Gasteiger partial charge in [0.2, 0.25) is 5.91 Å². The first-order valence-corrected chi connectivity index (χ1v) is 9.09. The van der Waals surface area contributed by atoms with E-state index >= 15 is 0 Å². The van der Waals surface area contributed by atoms with Gasteiger partial charge in [0.05, 0.1) is 0 Å². The van der Waals surface area contributed by atoms with Crippen molar-refractivity contribution in [1.82, 2.24) is 15.5 Å². The van der Waals surface area contributed by atoms with Gasteiger partial charge in [-0.3, -0.25) is 9.79 Å². The van der Waals surface area contributed by atoms with Crippen molar-refractivity contribution < 1.29 is 4.79 Å². The van der Waals surface area contributed by atoms with Crippen LogP contribution in [0, 0.1) is 0 Å². The van der Waals surface area contributed by atoms with Crippen molar-refractivity contribution in [3.05, 3.63) is 71.3 Å². The number of benzene rings is 2. The van der Waals surface area contributed by atoms with Crippen LogP contribution in [0.3, 0.4) is 0 Å². The van der Waals surface area contributed by atoms with Crippen molar-refractivity contribution in [3.63, 3.8) is 0 Å². The number of hydrogen-bond acceptors (Lipinski definition) is 2. The molecule has 5 heteroatoms. The zero-order valence-electron chi connectivity index (χ0n) is 15.2. The quantitative estimate of drug-likeness (QED) is 0.643. The lowest BCUT2D eigenvalue weighted by molar-refractivity contribution is -0.121. The van der Waals surface area contributed by atoms with Gasteiger partial charge in [-0.2, -0.15) is 0 Å². The molecule has 0 aromatic heterocycles. The molecule has 2 aromatic carbocycles. The summed E-state index contributed by atoms with van der Waals surface area (Å²) in [6.07, 6.45) is 1.45. The van der Waals surface area contributed by atoms with Crippen LogP contribution >= 0.6 is 0 Å². The average Bonchev–Trinajstić information content (AvgIpc) is 2.70. The number of hydrogen-bond donors (Lipinski definition) is 2. The van der Waals surface area contributed by atoms with Crippen LogP contribution in [0.15, 0.2) is 59.6 Å². The number of amides is 1. The molecule has 0 atom stereocenters. The Morgan fingerprint density at radius 2 is 1.77 bits per heavy atom. The highest BCUT2D eigenvalue weighted by Crippen LogP contribution is 2.18. The highest BCUT2D eigenvalue weighted by atomic mass is 16.1. The van der Waals surface area contributed by atoms with E-state index in [1.807, 2.05) is 30.3 Å². The van der Waals surface area contributed by atoms with Crippen LogP contribution in [0.1, 0.15) is 23.1 Å². The maximum Gasteiger partial charge on any atom is 0.222 e. The minimum Gasteiger partial charge on any atom is -0.356 e. The molecular formula is C21H26N4O. The molecule has 0 spiro atoms. The number of carbonyl (C=O) groups is 1. The summed E-state index contributed by atoms with van der Waals surface area (Å²) < 4.78 is 0. The third kappa shape index (κ3) is 4.85. The topological polar surface area (TPSA) is 56.7 Å². The lowest BCUT2D eigenvalue weighted by atomic mass is 10.0. The molecule has 0 radical (unpaired) electrons. The van der Waals surface area contributed by atoms with Gasteiger partial charge in [-0.05, 0) is 23.1 Å². The van der Waals surface area contributed by atoms with Crippen LogP contribution in [-0.4, -0.2) is 36.9 Å². The zero-order valence-corrected chi connectivity index (χ0v) is 15.2. The van der Waals surface area contributed by atoms with E-state index in [2.05, 4.69) is 44.8 Å². The number of nitrogens with zero attached hydrogens (tertiary/aromatic N) is 2. The molecular weight excluding hydrogens is 324 g/mol. The van der Waals surface area contributed by atoms with Crippen molar-refractivity contribution in [2.75, 3.05) is 20.1 Å². The van der Waals surface area contributed by atoms with E-state index in [0.29, 0.717) is 19.5 Å². The third-order valence-corrected chi connectivity index (χ3v) is 4.61. The number of aliphatic imine (C=N–C) groups is 1. The van der Waals surface area contributed by atoms with Gasteiger partial charge in [-0.15, -0.1) is 0 Å². The molecule has 2 N–H and O–H groups in total.